The smallest absolute Gasteiger partial charge is 0.251 e. The summed E-state index contributed by atoms with van der Waals surface area (Å²) in [4.78, 5) is 36.9. The number of rotatable bonds is 5. The number of anilines is 1. The van der Waals surface area contributed by atoms with Crippen LogP contribution in [0.3, 0.4) is 0 Å². The third-order valence-electron chi connectivity index (χ3n) is 5.40. The van der Waals surface area contributed by atoms with Gasteiger partial charge in [0, 0.05) is 40.6 Å². The van der Waals surface area contributed by atoms with E-state index < -0.39 is 0 Å². The van der Waals surface area contributed by atoms with E-state index in [2.05, 4.69) is 43.6 Å². The average Bonchev–Trinajstić information content (AvgIpc) is 2.62. The summed E-state index contributed by atoms with van der Waals surface area (Å²) in [5.74, 6) is -0.424. The fourth-order valence-corrected chi connectivity index (χ4v) is 4.53. The quantitative estimate of drug-likeness (QED) is 0.688. The minimum absolute atomic E-state index is 0.0485. The zero-order valence-corrected chi connectivity index (χ0v) is 18.9. The molecule has 31 heavy (non-hydrogen) atoms. The van der Waals surface area contributed by atoms with Gasteiger partial charge in [-0.3, -0.25) is 14.4 Å². The Bertz CT molecular complexity index is 1010. The van der Waals surface area contributed by atoms with Gasteiger partial charge in [-0.15, -0.1) is 0 Å². The fraction of sp³-hybridized carbons (Fsp3) is 0.458. The van der Waals surface area contributed by atoms with E-state index >= 15 is 0 Å². The van der Waals surface area contributed by atoms with Gasteiger partial charge in [0.1, 0.15) is 6.54 Å². The van der Waals surface area contributed by atoms with Crippen molar-refractivity contribution in [1.82, 2.24) is 15.2 Å². The molecule has 0 saturated carbocycles. The molecule has 3 rings (SSSR count). The van der Waals surface area contributed by atoms with Crippen LogP contribution in [0.1, 0.15) is 56.5 Å². The summed E-state index contributed by atoms with van der Waals surface area (Å²) in [6, 6.07) is 10.0. The molecule has 0 bridgehead atoms. The molecule has 1 aliphatic heterocycles. The van der Waals surface area contributed by atoms with Crippen LogP contribution in [0.4, 0.5) is 5.69 Å². The maximum atomic E-state index is 12.7. The van der Waals surface area contributed by atoms with Gasteiger partial charge in [-0.25, -0.2) is 0 Å². The van der Waals surface area contributed by atoms with Gasteiger partial charge in [-0.2, -0.15) is 0 Å². The Morgan fingerprint density at radius 2 is 1.65 bits per heavy atom. The first-order valence-electron chi connectivity index (χ1n) is 10.6. The summed E-state index contributed by atoms with van der Waals surface area (Å²) in [5, 5.41) is 9.53. The summed E-state index contributed by atoms with van der Waals surface area (Å²) < 4.78 is 1.37. The van der Waals surface area contributed by atoms with E-state index in [1.165, 1.54) is 10.6 Å². The molecule has 2 heterocycles. The van der Waals surface area contributed by atoms with Crippen LogP contribution in [0.25, 0.3) is 0 Å². The molecule has 7 nitrogen and oxygen atoms in total. The molecule has 0 unspecified atom stereocenters. The van der Waals surface area contributed by atoms with Crippen molar-refractivity contribution in [3.05, 3.63) is 64.1 Å². The zero-order valence-electron chi connectivity index (χ0n) is 18.9. The van der Waals surface area contributed by atoms with Crippen molar-refractivity contribution in [2.45, 2.75) is 71.1 Å². The highest BCUT2D eigenvalue weighted by Gasteiger charge is 2.38. The van der Waals surface area contributed by atoms with Crippen molar-refractivity contribution in [2.75, 3.05) is 5.32 Å². The number of nitrogens with zero attached hydrogens (tertiary/aromatic N) is 1. The lowest BCUT2D eigenvalue weighted by molar-refractivity contribution is -0.116. The standard InChI is InChI=1S/C24H32N4O3/c1-16-6-11-21(30)28(14-16)15-20(29)25-18-9-7-17(8-10-18)22(31)26-19-12-23(2,3)27-24(4,5)13-19/h6-11,14,19,27H,12-13,15H2,1-5H3,(H,25,29)(H,26,31). The van der Waals surface area contributed by atoms with E-state index in [1.807, 2.05) is 6.92 Å². The predicted molar refractivity (Wildman–Crippen MR) is 122 cm³/mol. The monoisotopic (exact) mass is 424 g/mol. The van der Waals surface area contributed by atoms with Crippen molar-refractivity contribution >= 4 is 17.5 Å². The van der Waals surface area contributed by atoms with Gasteiger partial charge >= 0.3 is 0 Å². The minimum Gasteiger partial charge on any atom is -0.349 e. The van der Waals surface area contributed by atoms with Crippen LogP contribution >= 0.6 is 0 Å². The normalized spacial score (nSPS) is 17.7. The molecule has 1 saturated heterocycles. The van der Waals surface area contributed by atoms with Crippen molar-refractivity contribution in [3.8, 4) is 0 Å². The first kappa shape index (κ1) is 22.7. The Hall–Kier alpha value is -2.93. The summed E-state index contributed by atoms with van der Waals surface area (Å²) >= 11 is 0. The number of aromatic nitrogens is 1. The number of carbonyl (C=O) groups is 2. The highest BCUT2D eigenvalue weighted by Crippen LogP contribution is 2.28. The van der Waals surface area contributed by atoms with Crippen LogP contribution in [0.5, 0.6) is 0 Å². The highest BCUT2D eigenvalue weighted by molar-refractivity contribution is 5.96. The zero-order chi connectivity index (χ0) is 22.8. The number of carbonyl (C=O) groups excluding carboxylic acids is 2. The van der Waals surface area contributed by atoms with Gasteiger partial charge in [0.25, 0.3) is 11.5 Å². The van der Waals surface area contributed by atoms with Gasteiger partial charge in [0.05, 0.1) is 0 Å². The third kappa shape index (κ3) is 6.28. The molecular formula is C24H32N4O3. The number of hydrogen-bond donors (Lipinski definition) is 3. The Morgan fingerprint density at radius 3 is 2.26 bits per heavy atom. The molecule has 2 amide bonds. The summed E-state index contributed by atoms with van der Waals surface area (Å²) in [7, 11) is 0. The second-order valence-corrected chi connectivity index (χ2v) is 9.77. The SMILES string of the molecule is Cc1ccc(=O)n(CC(=O)Nc2ccc(C(=O)NC3CC(C)(C)NC(C)(C)C3)cc2)c1. The molecule has 1 aliphatic rings. The summed E-state index contributed by atoms with van der Waals surface area (Å²) in [6.45, 7) is 10.4. The fourth-order valence-electron chi connectivity index (χ4n) is 4.53. The Labute approximate surface area is 183 Å². The van der Waals surface area contributed by atoms with Crippen LogP contribution in [0.15, 0.2) is 47.4 Å². The first-order valence-corrected chi connectivity index (χ1v) is 10.6. The number of benzene rings is 1. The van der Waals surface area contributed by atoms with E-state index in [4.69, 9.17) is 0 Å². The Morgan fingerprint density at radius 1 is 1.03 bits per heavy atom. The van der Waals surface area contributed by atoms with Gasteiger partial charge in [-0.05, 0) is 77.3 Å². The van der Waals surface area contributed by atoms with Gasteiger partial charge < -0.3 is 20.5 Å². The van der Waals surface area contributed by atoms with Crippen molar-refractivity contribution in [3.63, 3.8) is 0 Å². The average molecular weight is 425 g/mol. The van der Waals surface area contributed by atoms with Crippen LogP contribution in [0, 0.1) is 6.92 Å². The van der Waals surface area contributed by atoms with E-state index in [0.717, 1.165) is 18.4 Å². The van der Waals surface area contributed by atoms with E-state index in [9.17, 15) is 14.4 Å². The second-order valence-electron chi connectivity index (χ2n) is 9.77. The van der Waals surface area contributed by atoms with Crippen LogP contribution in [0.2, 0.25) is 0 Å². The highest BCUT2D eigenvalue weighted by atomic mass is 16.2. The lowest BCUT2D eigenvalue weighted by Crippen LogP contribution is -2.62. The number of amides is 2. The largest absolute Gasteiger partial charge is 0.349 e. The molecule has 2 aromatic rings. The topological polar surface area (TPSA) is 92.2 Å². The molecule has 0 atom stereocenters. The van der Waals surface area contributed by atoms with Crippen LogP contribution < -0.4 is 21.5 Å². The molecule has 166 valence electrons. The van der Waals surface area contributed by atoms with Gasteiger partial charge in [0.15, 0.2) is 0 Å². The maximum absolute atomic E-state index is 12.7. The van der Waals surface area contributed by atoms with E-state index in [1.54, 1.807) is 36.5 Å². The minimum atomic E-state index is -0.302. The van der Waals surface area contributed by atoms with Gasteiger partial charge in [0.2, 0.25) is 5.91 Å². The van der Waals surface area contributed by atoms with Crippen molar-refractivity contribution in [1.29, 1.82) is 0 Å². The number of hydrogen-bond acceptors (Lipinski definition) is 4. The number of aryl methyl sites for hydroxylation is 1. The van der Waals surface area contributed by atoms with Crippen molar-refractivity contribution < 1.29 is 9.59 Å². The van der Waals surface area contributed by atoms with Crippen molar-refractivity contribution in [2.24, 2.45) is 0 Å². The Kier molecular flexibility index (Phi) is 6.36. The second kappa shape index (κ2) is 8.67. The molecule has 1 fully saturated rings. The molecular weight excluding hydrogens is 392 g/mol. The molecule has 7 heteroatoms. The maximum Gasteiger partial charge on any atom is 0.251 e. The van der Waals surface area contributed by atoms with E-state index in [0.29, 0.717) is 11.3 Å². The molecule has 0 radical (unpaired) electrons. The lowest BCUT2D eigenvalue weighted by Gasteiger charge is -2.46. The van der Waals surface area contributed by atoms with Gasteiger partial charge in [-0.1, -0.05) is 6.07 Å². The molecule has 0 spiro atoms. The first-order chi connectivity index (χ1) is 14.4. The summed E-state index contributed by atoms with van der Waals surface area (Å²) in [6.07, 6.45) is 3.36. The van der Waals surface area contributed by atoms with Crippen LogP contribution in [-0.2, 0) is 11.3 Å². The molecule has 1 aromatic heterocycles. The van der Waals surface area contributed by atoms with Crippen LogP contribution in [-0.4, -0.2) is 33.5 Å². The molecule has 3 N–H and O–H groups in total. The van der Waals surface area contributed by atoms with E-state index in [-0.39, 0.29) is 41.0 Å². The number of piperidine rings is 1. The third-order valence-corrected chi connectivity index (χ3v) is 5.40. The predicted octanol–water partition coefficient (Wildman–Crippen LogP) is 2.83. The lowest BCUT2D eigenvalue weighted by atomic mass is 9.79. The molecule has 1 aromatic carbocycles. The number of pyridine rings is 1. The number of nitrogens with one attached hydrogen (secondary N) is 3. The molecule has 0 aliphatic carbocycles. The Balaban J connectivity index is 1.59. The summed E-state index contributed by atoms with van der Waals surface area (Å²) in [5.41, 5.74) is 1.70.